The number of hydrogen-bond acceptors (Lipinski definition) is 6. The molecule has 2 saturated heterocycles. The Hall–Kier alpha value is -0.865. The quantitative estimate of drug-likeness (QED) is 0.668. The zero-order valence-corrected chi connectivity index (χ0v) is 18.7. The molecule has 0 radical (unpaired) electrons. The first-order chi connectivity index (χ1) is 14.0. The first kappa shape index (κ1) is 21.4. The van der Waals surface area contributed by atoms with E-state index in [-0.39, 0.29) is 11.9 Å². The van der Waals surface area contributed by atoms with Crippen LogP contribution < -0.4 is 9.47 Å². The first-order valence-corrected chi connectivity index (χ1v) is 11.5. The van der Waals surface area contributed by atoms with Crippen molar-refractivity contribution in [1.82, 2.24) is 14.6 Å². The van der Waals surface area contributed by atoms with Crippen LogP contribution in [0.3, 0.4) is 0 Å². The van der Waals surface area contributed by atoms with E-state index in [0.717, 1.165) is 38.3 Å². The summed E-state index contributed by atoms with van der Waals surface area (Å²) >= 11 is 3.37. The fourth-order valence-corrected chi connectivity index (χ4v) is 4.91. The van der Waals surface area contributed by atoms with Crippen molar-refractivity contribution in [3.63, 3.8) is 0 Å². The maximum Gasteiger partial charge on any atom is 0.376 e. The minimum Gasteiger partial charge on any atom is -0.491 e. The molecule has 0 aliphatic carbocycles. The van der Waals surface area contributed by atoms with E-state index < -0.39 is 7.05 Å². The lowest BCUT2D eigenvalue weighted by Gasteiger charge is -2.40. The first-order valence-electron chi connectivity index (χ1n) is 10.7. The van der Waals surface area contributed by atoms with E-state index in [1.54, 1.807) is 6.82 Å². The van der Waals surface area contributed by atoms with Crippen molar-refractivity contribution in [2.24, 2.45) is 0 Å². The van der Waals surface area contributed by atoms with Gasteiger partial charge in [0.05, 0.1) is 10.5 Å². The molecule has 9 heteroatoms. The molecule has 1 atom stereocenters. The van der Waals surface area contributed by atoms with Crippen LogP contribution in [0.15, 0.2) is 10.5 Å². The number of rotatable bonds is 5. The van der Waals surface area contributed by atoms with E-state index in [4.69, 9.17) is 9.47 Å². The lowest BCUT2D eigenvalue weighted by Crippen LogP contribution is -2.57. The van der Waals surface area contributed by atoms with Gasteiger partial charge in [-0.2, -0.15) is 0 Å². The monoisotopic (exact) mass is 469 g/mol. The molecule has 0 bridgehead atoms. The number of likely N-dealkylation sites (tertiary alicyclic amines) is 1. The van der Waals surface area contributed by atoms with Gasteiger partial charge in [-0.05, 0) is 54.8 Å². The molecule has 2 fully saturated rings. The fourth-order valence-electron chi connectivity index (χ4n) is 4.50. The molecule has 160 valence electrons. The van der Waals surface area contributed by atoms with Gasteiger partial charge in [0.2, 0.25) is 0 Å². The summed E-state index contributed by atoms with van der Waals surface area (Å²) in [5.41, 5.74) is 0.826. The van der Waals surface area contributed by atoms with E-state index in [0.29, 0.717) is 42.3 Å². The molecule has 6 nitrogen and oxygen atoms in total. The topological polar surface area (TPSA) is 48.4 Å². The molecule has 3 aliphatic rings. The summed E-state index contributed by atoms with van der Waals surface area (Å²) in [5.74, 6) is 0.476. The standard InChI is InChI=1S/C20H30BBrFN3O3/c1-21(27)26-8-7-25-12-15-11-17(28-10-9-24-5-3-2-4-6-24)18(22)19(23)20(15)29-14-16(25)13-26/h11,16,27H,2-10,12-14H2,1H3/t16-/m1/s1. The van der Waals surface area contributed by atoms with E-state index in [1.165, 1.54) is 19.3 Å². The highest BCUT2D eigenvalue weighted by Gasteiger charge is 2.34. The summed E-state index contributed by atoms with van der Waals surface area (Å²) in [6.07, 6.45) is 3.81. The van der Waals surface area contributed by atoms with Crippen LogP contribution >= 0.6 is 15.9 Å². The number of nitrogens with zero attached hydrogens (tertiary/aromatic N) is 3. The number of hydrogen-bond donors (Lipinski definition) is 1. The molecule has 1 aromatic carbocycles. The van der Waals surface area contributed by atoms with Gasteiger partial charge in [-0.1, -0.05) is 6.42 Å². The Bertz CT molecular complexity index is 721. The van der Waals surface area contributed by atoms with Crippen LogP contribution in [0.1, 0.15) is 24.8 Å². The second-order valence-corrected chi connectivity index (χ2v) is 9.10. The summed E-state index contributed by atoms with van der Waals surface area (Å²) in [5, 5.41) is 9.89. The molecule has 0 unspecified atom stereocenters. The highest BCUT2D eigenvalue weighted by Crippen LogP contribution is 2.39. The van der Waals surface area contributed by atoms with Crippen molar-refractivity contribution in [1.29, 1.82) is 0 Å². The molecule has 1 aromatic rings. The van der Waals surface area contributed by atoms with Crippen molar-refractivity contribution in [3.8, 4) is 11.5 Å². The average Bonchev–Trinajstić information content (AvgIpc) is 2.91. The SMILES string of the molecule is CB(O)N1CCN2Cc3cc(OCCN4CCCCC4)c(Br)c(F)c3OC[C@H]2C1. The summed E-state index contributed by atoms with van der Waals surface area (Å²) < 4.78 is 27.3. The van der Waals surface area contributed by atoms with E-state index in [9.17, 15) is 5.02 Å². The second kappa shape index (κ2) is 9.51. The summed E-state index contributed by atoms with van der Waals surface area (Å²) in [7, 11) is -0.478. The number of halogens is 2. The maximum atomic E-state index is 15.1. The zero-order chi connectivity index (χ0) is 20.4. The molecule has 29 heavy (non-hydrogen) atoms. The third-order valence-corrected chi connectivity index (χ3v) is 7.02. The number of fused-ring (bicyclic) bond motifs is 2. The normalized spacial score (nSPS) is 23.7. The predicted molar refractivity (Wildman–Crippen MR) is 115 cm³/mol. The van der Waals surface area contributed by atoms with E-state index in [2.05, 4.69) is 25.7 Å². The predicted octanol–water partition coefficient (Wildman–Crippen LogP) is 2.44. The maximum absolute atomic E-state index is 15.1. The molecule has 0 amide bonds. The van der Waals surface area contributed by atoms with Gasteiger partial charge in [-0.15, -0.1) is 0 Å². The lowest BCUT2D eigenvalue weighted by molar-refractivity contribution is 0.0780. The van der Waals surface area contributed by atoms with Crippen molar-refractivity contribution in [2.75, 3.05) is 52.5 Å². The molecular weight excluding hydrogens is 440 g/mol. The Morgan fingerprint density at radius 1 is 1.28 bits per heavy atom. The van der Waals surface area contributed by atoms with Crippen molar-refractivity contribution in [2.45, 2.75) is 38.7 Å². The summed E-state index contributed by atoms with van der Waals surface area (Å²) in [4.78, 5) is 6.75. The Morgan fingerprint density at radius 2 is 2.07 bits per heavy atom. The van der Waals surface area contributed by atoms with E-state index >= 15 is 4.39 Å². The third-order valence-electron chi connectivity index (χ3n) is 6.28. The fraction of sp³-hybridized carbons (Fsp3) is 0.700. The Morgan fingerprint density at radius 3 is 2.83 bits per heavy atom. The van der Waals surface area contributed by atoms with Crippen molar-refractivity contribution < 1.29 is 18.9 Å². The Balaban J connectivity index is 1.44. The largest absolute Gasteiger partial charge is 0.491 e. The molecule has 0 spiro atoms. The number of ether oxygens (including phenoxy) is 2. The highest BCUT2D eigenvalue weighted by molar-refractivity contribution is 9.10. The van der Waals surface area contributed by atoms with Crippen LogP contribution in [-0.2, 0) is 6.54 Å². The molecule has 0 aromatic heterocycles. The van der Waals surface area contributed by atoms with Crippen LogP contribution in [-0.4, -0.2) is 85.2 Å². The van der Waals surface area contributed by atoms with Crippen molar-refractivity contribution >= 4 is 23.0 Å². The van der Waals surface area contributed by atoms with Gasteiger partial charge in [-0.3, -0.25) is 9.80 Å². The minimum atomic E-state index is -0.478. The van der Waals surface area contributed by atoms with Crippen LogP contribution in [0.25, 0.3) is 0 Å². The molecule has 4 rings (SSSR count). The highest BCUT2D eigenvalue weighted by atomic mass is 79.9. The van der Waals surface area contributed by atoms with E-state index in [1.807, 2.05) is 10.9 Å². The summed E-state index contributed by atoms with van der Waals surface area (Å²) in [6.45, 7) is 8.81. The molecular formula is C20H30BBrFN3O3. The Kier molecular flexibility index (Phi) is 7.01. The smallest absolute Gasteiger partial charge is 0.376 e. The number of piperazine rings is 1. The van der Waals surface area contributed by atoms with Gasteiger partial charge in [0.15, 0.2) is 11.6 Å². The van der Waals surface area contributed by atoms with Gasteiger partial charge in [0, 0.05) is 38.3 Å². The van der Waals surface area contributed by atoms with Gasteiger partial charge in [0.25, 0.3) is 0 Å². The number of benzene rings is 1. The lowest BCUT2D eigenvalue weighted by atomic mass is 9.83. The van der Waals surface area contributed by atoms with Gasteiger partial charge < -0.3 is 19.3 Å². The zero-order valence-electron chi connectivity index (χ0n) is 17.1. The van der Waals surface area contributed by atoms with Crippen LogP contribution in [0.2, 0.25) is 6.82 Å². The summed E-state index contributed by atoms with van der Waals surface area (Å²) in [6, 6.07) is 2.05. The molecule has 0 saturated carbocycles. The molecule has 3 aliphatic heterocycles. The average molecular weight is 470 g/mol. The number of piperidine rings is 1. The second-order valence-electron chi connectivity index (χ2n) is 8.30. The van der Waals surface area contributed by atoms with Crippen LogP contribution in [0.5, 0.6) is 11.5 Å². The molecule has 1 N–H and O–H groups in total. The van der Waals surface area contributed by atoms with Crippen LogP contribution in [0, 0.1) is 5.82 Å². The van der Waals surface area contributed by atoms with Gasteiger partial charge in [-0.25, -0.2) is 4.39 Å². The Labute approximate surface area is 181 Å². The van der Waals surface area contributed by atoms with Crippen LogP contribution in [0.4, 0.5) is 4.39 Å². The van der Waals surface area contributed by atoms with Gasteiger partial charge >= 0.3 is 7.05 Å². The third kappa shape index (κ3) is 4.90. The van der Waals surface area contributed by atoms with Gasteiger partial charge in [0.1, 0.15) is 19.0 Å². The van der Waals surface area contributed by atoms with Crippen molar-refractivity contribution in [3.05, 3.63) is 21.9 Å². The molecule has 3 heterocycles. The minimum absolute atomic E-state index is 0.132.